The SMILES string of the molecule is O=C1NCCN(C(=O)C2CC3(CCCCC3)C2)c2ccccc21. The van der Waals surface area contributed by atoms with Crippen LogP contribution in [0.3, 0.4) is 0 Å². The van der Waals surface area contributed by atoms with Crippen molar-refractivity contribution in [3.05, 3.63) is 29.8 Å². The van der Waals surface area contributed by atoms with Crippen LogP contribution in [-0.2, 0) is 4.79 Å². The fourth-order valence-electron chi connectivity index (χ4n) is 4.72. The van der Waals surface area contributed by atoms with Crippen molar-refractivity contribution in [1.29, 1.82) is 0 Å². The number of fused-ring (bicyclic) bond motifs is 1. The number of para-hydroxylation sites is 1. The molecule has 3 aliphatic rings. The van der Waals surface area contributed by atoms with Crippen molar-refractivity contribution in [2.75, 3.05) is 18.0 Å². The summed E-state index contributed by atoms with van der Waals surface area (Å²) in [6.45, 7) is 1.10. The van der Waals surface area contributed by atoms with Crippen molar-refractivity contribution >= 4 is 17.5 Å². The Kier molecular flexibility index (Phi) is 3.63. The number of anilines is 1. The molecule has 0 radical (unpaired) electrons. The van der Waals surface area contributed by atoms with E-state index in [1.54, 1.807) is 6.07 Å². The molecule has 1 aliphatic heterocycles. The Balaban J connectivity index is 1.53. The maximum atomic E-state index is 13.0. The number of hydrogen-bond donors (Lipinski definition) is 1. The largest absolute Gasteiger partial charge is 0.350 e. The monoisotopic (exact) mass is 312 g/mol. The molecule has 4 nitrogen and oxygen atoms in total. The highest BCUT2D eigenvalue weighted by Gasteiger charge is 2.48. The molecule has 2 amide bonds. The molecule has 2 saturated carbocycles. The molecule has 1 heterocycles. The molecule has 1 aromatic carbocycles. The first-order valence-electron chi connectivity index (χ1n) is 8.87. The lowest BCUT2D eigenvalue weighted by atomic mass is 9.55. The molecule has 0 atom stereocenters. The Labute approximate surface area is 137 Å². The van der Waals surface area contributed by atoms with Crippen LogP contribution in [0.4, 0.5) is 5.69 Å². The molecule has 2 fully saturated rings. The minimum absolute atomic E-state index is 0.0757. The zero-order chi connectivity index (χ0) is 15.9. The fraction of sp³-hybridized carbons (Fsp3) is 0.579. The van der Waals surface area contributed by atoms with Gasteiger partial charge in [0.25, 0.3) is 5.91 Å². The first kappa shape index (κ1) is 14.7. The second-order valence-corrected chi connectivity index (χ2v) is 7.43. The van der Waals surface area contributed by atoms with Gasteiger partial charge in [-0.1, -0.05) is 31.4 Å². The van der Waals surface area contributed by atoms with Gasteiger partial charge in [-0.3, -0.25) is 9.59 Å². The Morgan fingerprint density at radius 3 is 2.65 bits per heavy atom. The number of amides is 2. The minimum Gasteiger partial charge on any atom is -0.350 e. The number of carbonyl (C=O) groups excluding carboxylic acids is 2. The number of rotatable bonds is 1. The van der Waals surface area contributed by atoms with Crippen molar-refractivity contribution in [1.82, 2.24) is 5.32 Å². The number of nitrogens with zero attached hydrogens (tertiary/aromatic N) is 1. The molecule has 0 saturated heterocycles. The highest BCUT2D eigenvalue weighted by Crippen LogP contribution is 2.55. The van der Waals surface area contributed by atoms with Gasteiger partial charge in [0, 0.05) is 19.0 Å². The molecule has 0 aromatic heterocycles. The Morgan fingerprint density at radius 2 is 1.87 bits per heavy atom. The highest BCUT2D eigenvalue weighted by atomic mass is 16.2. The predicted octanol–water partition coefficient (Wildman–Crippen LogP) is 3.12. The molecule has 4 heteroatoms. The summed E-state index contributed by atoms with van der Waals surface area (Å²) in [6, 6.07) is 7.46. The van der Waals surface area contributed by atoms with Crippen molar-refractivity contribution in [2.24, 2.45) is 11.3 Å². The van der Waals surface area contributed by atoms with E-state index < -0.39 is 0 Å². The van der Waals surface area contributed by atoms with E-state index in [-0.39, 0.29) is 17.7 Å². The van der Waals surface area contributed by atoms with Gasteiger partial charge in [-0.2, -0.15) is 0 Å². The van der Waals surface area contributed by atoms with Gasteiger partial charge in [0.2, 0.25) is 5.91 Å². The van der Waals surface area contributed by atoms with E-state index in [0.29, 0.717) is 24.1 Å². The van der Waals surface area contributed by atoms with Crippen molar-refractivity contribution < 1.29 is 9.59 Å². The molecule has 1 spiro atoms. The summed E-state index contributed by atoms with van der Waals surface area (Å²) in [4.78, 5) is 27.0. The van der Waals surface area contributed by atoms with Gasteiger partial charge >= 0.3 is 0 Å². The third-order valence-electron chi connectivity index (χ3n) is 5.95. The summed E-state index contributed by atoms with van der Waals surface area (Å²) >= 11 is 0. The number of carbonyl (C=O) groups is 2. The lowest BCUT2D eigenvalue weighted by Crippen LogP contribution is -2.49. The molecule has 0 unspecified atom stereocenters. The van der Waals surface area contributed by atoms with E-state index >= 15 is 0 Å². The van der Waals surface area contributed by atoms with Gasteiger partial charge < -0.3 is 10.2 Å². The number of hydrogen-bond acceptors (Lipinski definition) is 2. The third kappa shape index (κ3) is 2.54. The van der Waals surface area contributed by atoms with Crippen LogP contribution in [0.15, 0.2) is 24.3 Å². The third-order valence-corrected chi connectivity index (χ3v) is 5.95. The molecule has 1 aromatic rings. The lowest BCUT2D eigenvalue weighted by Gasteiger charge is -2.50. The van der Waals surface area contributed by atoms with Crippen LogP contribution in [0.1, 0.15) is 55.3 Å². The molecule has 23 heavy (non-hydrogen) atoms. The molecule has 122 valence electrons. The van der Waals surface area contributed by atoms with Crippen LogP contribution in [0, 0.1) is 11.3 Å². The topological polar surface area (TPSA) is 49.4 Å². The smallest absolute Gasteiger partial charge is 0.253 e. The van der Waals surface area contributed by atoms with E-state index in [2.05, 4.69) is 5.32 Å². The van der Waals surface area contributed by atoms with Crippen LogP contribution in [-0.4, -0.2) is 24.9 Å². The predicted molar refractivity (Wildman–Crippen MR) is 89.4 cm³/mol. The van der Waals surface area contributed by atoms with E-state index in [0.717, 1.165) is 18.5 Å². The summed E-state index contributed by atoms with van der Waals surface area (Å²) in [5, 5.41) is 2.88. The Bertz CT molecular complexity index is 626. The van der Waals surface area contributed by atoms with Crippen molar-refractivity contribution in [3.8, 4) is 0 Å². The maximum absolute atomic E-state index is 13.0. The Morgan fingerprint density at radius 1 is 1.13 bits per heavy atom. The average Bonchev–Trinajstić information content (AvgIpc) is 2.72. The van der Waals surface area contributed by atoms with Crippen LogP contribution in [0.25, 0.3) is 0 Å². The van der Waals surface area contributed by atoms with E-state index in [1.807, 2.05) is 23.1 Å². The fourth-order valence-corrected chi connectivity index (χ4v) is 4.72. The second-order valence-electron chi connectivity index (χ2n) is 7.43. The standard InChI is InChI=1S/C19H24N2O2/c22-17-15-6-2-3-7-16(15)21(11-10-20-17)18(23)14-12-19(13-14)8-4-1-5-9-19/h2-3,6-7,14H,1,4-5,8-13H2,(H,20,22). The Hall–Kier alpha value is -1.84. The van der Waals surface area contributed by atoms with E-state index in [4.69, 9.17) is 0 Å². The van der Waals surface area contributed by atoms with Crippen LogP contribution >= 0.6 is 0 Å². The summed E-state index contributed by atoms with van der Waals surface area (Å²) in [6.07, 6.45) is 8.70. The first-order valence-corrected chi connectivity index (χ1v) is 8.87. The van der Waals surface area contributed by atoms with Crippen LogP contribution in [0.5, 0.6) is 0 Å². The zero-order valence-corrected chi connectivity index (χ0v) is 13.5. The molecule has 0 bridgehead atoms. The van der Waals surface area contributed by atoms with Gasteiger partial charge in [0.05, 0.1) is 11.3 Å². The summed E-state index contributed by atoms with van der Waals surface area (Å²) in [5.41, 5.74) is 1.85. The highest BCUT2D eigenvalue weighted by molar-refractivity contribution is 6.06. The summed E-state index contributed by atoms with van der Waals surface area (Å²) in [7, 11) is 0. The first-order chi connectivity index (χ1) is 11.2. The van der Waals surface area contributed by atoms with Gasteiger partial charge in [-0.15, -0.1) is 0 Å². The van der Waals surface area contributed by atoms with Gasteiger partial charge in [-0.25, -0.2) is 0 Å². The molecule has 4 rings (SSSR count). The normalized spacial score (nSPS) is 23.7. The molecule has 1 N–H and O–H groups in total. The lowest BCUT2D eigenvalue weighted by molar-refractivity contribution is -0.131. The summed E-state index contributed by atoms with van der Waals surface area (Å²) < 4.78 is 0. The van der Waals surface area contributed by atoms with Gasteiger partial charge in [0.1, 0.15) is 0 Å². The van der Waals surface area contributed by atoms with Gasteiger partial charge in [-0.05, 0) is 43.2 Å². The van der Waals surface area contributed by atoms with Crippen LogP contribution < -0.4 is 10.2 Å². The van der Waals surface area contributed by atoms with E-state index in [1.165, 1.54) is 32.1 Å². The maximum Gasteiger partial charge on any atom is 0.253 e. The molecular weight excluding hydrogens is 288 g/mol. The van der Waals surface area contributed by atoms with Crippen molar-refractivity contribution in [2.45, 2.75) is 44.9 Å². The van der Waals surface area contributed by atoms with Gasteiger partial charge in [0.15, 0.2) is 0 Å². The molecule has 2 aliphatic carbocycles. The average molecular weight is 312 g/mol. The summed E-state index contributed by atoms with van der Waals surface area (Å²) in [5.74, 6) is 0.285. The number of benzene rings is 1. The van der Waals surface area contributed by atoms with Crippen LogP contribution in [0.2, 0.25) is 0 Å². The minimum atomic E-state index is -0.0757. The quantitative estimate of drug-likeness (QED) is 0.866. The van der Waals surface area contributed by atoms with E-state index in [9.17, 15) is 9.59 Å². The zero-order valence-electron chi connectivity index (χ0n) is 13.5. The number of nitrogens with one attached hydrogen (secondary N) is 1. The second kappa shape index (κ2) is 5.66. The van der Waals surface area contributed by atoms with Crippen molar-refractivity contribution in [3.63, 3.8) is 0 Å². The molecular formula is C19H24N2O2.